The van der Waals surface area contributed by atoms with E-state index in [2.05, 4.69) is 5.32 Å². The molecule has 1 N–H and O–H groups in total. The molecule has 0 atom stereocenters. The second kappa shape index (κ2) is 7.32. The van der Waals surface area contributed by atoms with Crippen LogP contribution in [0.2, 0.25) is 0 Å². The van der Waals surface area contributed by atoms with Gasteiger partial charge in [0.2, 0.25) is 15.9 Å². The molecule has 0 radical (unpaired) electrons. The van der Waals surface area contributed by atoms with E-state index in [1.165, 1.54) is 9.13 Å². The molecule has 0 aliphatic rings. The summed E-state index contributed by atoms with van der Waals surface area (Å²) in [6.07, 6.45) is 0.855. The van der Waals surface area contributed by atoms with Crippen molar-refractivity contribution >= 4 is 38.3 Å². The molecule has 0 saturated carbocycles. The van der Waals surface area contributed by atoms with Crippen LogP contribution in [0.4, 0.5) is 20.2 Å². The lowest BCUT2D eigenvalue weighted by molar-refractivity contribution is -0.114. The molecule has 11 heteroatoms. The summed E-state index contributed by atoms with van der Waals surface area (Å²) in [4.78, 5) is 24.4. The molecule has 29 heavy (non-hydrogen) atoms. The number of benzene rings is 2. The van der Waals surface area contributed by atoms with Crippen molar-refractivity contribution < 1.29 is 22.0 Å². The molecule has 3 rings (SSSR count). The Morgan fingerprint density at radius 3 is 2.31 bits per heavy atom. The minimum absolute atomic E-state index is 0.178. The van der Waals surface area contributed by atoms with Crippen molar-refractivity contribution in [3.8, 4) is 0 Å². The third-order valence-corrected chi connectivity index (χ3v) is 5.58. The number of hydrogen-bond acceptors (Lipinski definition) is 4. The number of amides is 1. The molecular formula is C18H18F2N4O4S. The van der Waals surface area contributed by atoms with E-state index in [1.807, 2.05) is 0 Å². The molecule has 1 aromatic heterocycles. The van der Waals surface area contributed by atoms with Gasteiger partial charge in [0, 0.05) is 25.8 Å². The molecule has 0 spiro atoms. The first kappa shape index (κ1) is 20.5. The topological polar surface area (TPSA) is 93.4 Å². The fourth-order valence-corrected chi connectivity index (χ4v) is 3.80. The summed E-state index contributed by atoms with van der Waals surface area (Å²) in [6, 6.07) is 7.35. The molecular weight excluding hydrogens is 406 g/mol. The monoisotopic (exact) mass is 424 g/mol. The zero-order valence-corrected chi connectivity index (χ0v) is 16.6. The number of halogens is 2. The number of anilines is 2. The molecule has 2 aromatic carbocycles. The van der Waals surface area contributed by atoms with Gasteiger partial charge in [-0.2, -0.15) is 0 Å². The van der Waals surface area contributed by atoms with E-state index in [0.717, 1.165) is 18.4 Å². The van der Waals surface area contributed by atoms with Crippen molar-refractivity contribution in [2.24, 2.45) is 14.1 Å². The van der Waals surface area contributed by atoms with Crippen LogP contribution in [0.3, 0.4) is 0 Å². The Bertz CT molecular complexity index is 1280. The first-order valence-electron chi connectivity index (χ1n) is 8.37. The normalized spacial score (nSPS) is 11.6. The van der Waals surface area contributed by atoms with Gasteiger partial charge in [-0.1, -0.05) is 0 Å². The van der Waals surface area contributed by atoms with Crippen molar-refractivity contribution in [3.63, 3.8) is 0 Å². The number of carbonyl (C=O) groups is 1. The van der Waals surface area contributed by atoms with Crippen LogP contribution in [0.1, 0.15) is 0 Å². The van der Waals surface area contributed by atoms with Gasteiger partial charge in [0.15, 0.2) is 11.6 Å². The maximum absolute atomic E-state index is 13.5. The highest BCUT2D eigenvalue weighted by Gasteiger charge is 2.22. The number of fused-ring (bicyclic) bond motifs is 1. The first-order valence-corrected chi connectivity index (χ1v) is 10.2. The highest BCUT2D eigenvalue weighted by molar-refractivity contribution is 7.92. The van der Waals surface area contributed by atoms with Gasteiger partial charge in [0.05, 0.1) is 23.0 Å². The summed E-state index contributed by atoms with van der Waals surface area (Å²) in [5, 5.41) is 2.55. The Labute approximate surface area is 165 Å². The van der Waals surface area contributed by atoms with E-state index < -0.39 is 34.1 Å². The SMILES string of the molecule is Cn1c(=O)n(C)c2cc(NC(=O)CN(c3ccc(F)c(F)c3)S(C)(=O)=O)ccc21. The smallest absolute Gasteiger partial charge is 0.324 e. The van der Waals surface area contributed by atoms with Gasteiger partial charge in [0.1, 0.15) is 6.54 Å². The zero-order chi connectivity index (χ0) is 21.5. The highest BCUT2D eigenvalue weighted by Crippen LogP contribution is 2.21. The number of aromatic nitrogens is 2. The van der Waals surface area contributed by atoms with Crippen LogP contribution >= 0.6 is 0 Å². The molecule has 0 saturated heterocycles. The van der Waals surface area contributed by atoms with Crippen LogP contribution in [0, 0.1) is 11.6 Å². The summed E-state index contributed by atoms with van der Waals surface area (Å²) < 4.78 is 54.3. The molecule has 1 heterocycles. The number of hydrogen-bond donors (Lipinski definition) is 1. The maximum Gasteiger partial charge on any atom is 0.328 e. The van der Waals surface area contributed by atoms with Crippen molar-refractivity contribution in [1.29, 1.82) is 0 Å². The first-order chi connectivity index (χ1) is 13.5. The molecule has 0 fully saturated rings. The molecule has 154 valence electrons. The molecule has 0 bridgehead atoms. The van der Waals surface area contributed by atoms with E-state index in [-0.39, 0.29) is 11.4 Å². The summed E-state index contributed by atoms with van der Waals surface area (Å²) in [5.41, 5.74) is 1.18. The predicted octanol–water partition coefficient (Wildman–Crippen LogP) is 1.56. The quantitative estimate of drug-likeness (QED) is 0.673. The molecule has 0 aliphatic heterocycles. The van der Waals surface area contributed by atoms with E-state index in [1.54, 1.807) is 32.3 Å². The van der Waals surface area contributed by atoms with Crippen molar-refractivity contribution in [2.75, 3.05) is 22.4 Å². The van der Waals surface area contributed by atoms with Crippen LogP contribution in [-0.2, 0) is 28.9 Å². The summed E-state index contributed by atoms with van der Waals surface area (Å²) in [7, 11) is -0.736. The van der Waals surface area contributed by atoms with Gasteiger partial charge in [-0.3, -0.25) is 18.2 Å². The maximum atomic E-state index is 13.5. The van der Waals surface area contributed by atoms with Gasteiger partial charge in [0.25, 0.3) is 0 Å². The lowest BCUT2D eigenvalue weighted by Crippen LogP contribution is -2.37. The minimum Gasteiger partial charge on any atom is -0.324 e. The Balaban J connectivity index is 1.87. The number of imidazole rings is 1. The number of nitrogens with zero attached hydrogens (tertiary/aromatic N) is 3. The Morgan fingerprint density at radius 1 is 1.03 bits per heavy atom. The predicted molar refractivity (Wildman–Crippen MR) is 105 cm³/mol. The van der Waals surface area contributed by atoms with Crippen LogP contribution in [0.25, 0.3) is 11.0 Å². The van der Waals surface area contributed by atoms with Gasteiger partial charge in [-0.05, 0) is 30.3 Å². The van der Waals surface area contributed by atoms with Crippen molar-refractivity contribution in [2.45, 2.75) is 0 Å². The molecule has 3 aromatic rings. The van der Waals surface area contributed by atoms with Crippen LogP contribution < -0.4 is 15.3 Å². The number of nitrogens with one attached hydrogen (secondary N) is 1. The lowest BCUT2D eigenvalue weighted by Gasteiger charge is -2.22. The van der Waals surface area contributed by atoms with E-state index in [9.17, 15) is 26.8 Å². The van der Waals surface area contributed by atoms with Crippen LogP contribution in [0.15, 0.2) is 41.2 Å². The Kier molecular flexibility index (Phi) is 5.18. The molecule has 1 amide bonds. The Morgan fingerprint density at radius 2 is 1.69 bits per heavy atom. The third kappa shape index (κ3) is 3.99. The lowest BCUT2D eigenvalue weighted by atomic mass is 10.2. The number of carbonyl (C=O) groups excluding carboxylic acids is 1. The van der Waals surface area contributed by atoms with Crippen LogP contribution in [-0.4, -0.2) is 36.3 Å². The average Bonchev–Trinajstić information content (AvgIpc) is 2.85. The van der Waals surface area contributed by atoms with E-state index in [4.69, 9.17) is 0 Å². The third-order valence-electron chi connectivity index (χ3n) is 4.43. The standard InChI is InChI=1S/C18H18F2N4O4S/c1-22-15-7-4-11(8-16(15)23(2)18(22)26)21-17(25)10-24(29(3,27)28)12-5-6-13(19)14(20)9-12/h4-9H,10H2,1-3H3,(H,21,25). The second-order valence-electron chi connectivity index (χ2n) is 6.52. The fourth-order valence-electron chi connectivity index (χ4n) is 2.96. The molecule has 0 unspecified atom stereocenters. The largest absolute Gasteiger partial charge is 0.328 e. The van der Waals surface area contributed by atoms with Gasteiger partial charge >= 0.3 is 5.69 Å². The number of sulfonamides is 1. The molecule has 8 nitrogen and oxygen atoms in total. The fraction of sp³-hybridized carbons (Fsp3) is 0.222. The number of aryl methyl sites for hydroxylation is 2. The van der Waals surface area contributed by atoms with Gasteiger partial charge < -0.3 is 5.32 Å². The highest BCUT2D eigenvalue weighted by atomic mass is 32.2. The summed E-state index contributed by atoms with van der Waals surface area (Å²) in [6.45, 7) is -0.643. The van der Waals surface area contributed by atoms with Gasteiger partial charge in [-0.25, -0.2) is 22.0 Å². The zero-order valence-electron chi connectivity index (χ0n) is 15.8. The van der Waals surface area contributed by atoms with Crippen molar-refractivity contribution in [1.82, 2.24) is 9.13 Å². The Hall–Kier alpha value is -3.21. The minimum atomic E-state index is -3.94. The average molecular weight is 424 g/mol. The van der Waals surface area contributed by atoms with Crippen LogP contribution in [0.5, 0.6) is 0 Å². The molecule has 0 aliphatic carbocycles. The second-order valence-corrected chi connectivity index (χ2v) is 8.43. The summed E-state index contributed by atoms with van der Waals surface area (Å²) in [5.74, 6) is -3.05. The van der Waals surface area contributed by atoms with Gasteiger partial charge in [-0.15, -0.1) is 0 Å². The summed E-state index contributed by atoms with van der Waals surface area (Å²) >= 11 is 0. The van der Waals surface area contributed by atoms with E-state index in [0.29, 0.717) is 27.1 Å². The number of rotatable bonds is 5. The van der Waals surface area contributed by atoms with Crippen molar-refractivity contribution in [3.05, 3.63) is 58.5 Å². The van der Waals surface area contributed by atoms with E-state index >= 15 is 0 Å².